The molecule has 0 N–H and O–H groups in total. The van der Waals surface area contributed by atoms with E-state index in [1.165, 1.54) is 24.5 Å². The fraction of sp³-hybridized carbons (Fsp3) is 0.182. The van der Waals surface area contributed by atoms with Gasteiger partial charge in [0.2, 0.25) is 0 Å². The first kappa shape index (κ1) is 13.1. The summed E-state index contributed by atoms with van der Waals surface area (Å²) in [5, 5.41) is 0. The van der Waals surface area contributed by atoms with Gasteiger partial charge in [-0.3, -0.25) is 0 Å². The van der Waals surface area contributed by atoms with Crippen molar-refractivity contribution in [2.24, 2.45) is 0 Å². The number of nitrogens with zero attached hydrogens (tertiary/aromatic N) is 2. The number of hydrogen-bond donors (Lipinski definition) is 0. The van der Waals surface area contributed by atoms with E-state index in [0.29, 0.717) is 4.47 Å². The van der Waals surface area contributed by atoms with Gasteiger partial charge in [0.25, 0.3) is 0 Å². The van der Waals surface area contributed by atoms with Crippen LogP contribution in [0.3, 0.4) is 0 Å². The fourth-order valence-corrected chi connectivity index (χ4v) is 2.04. The Morgan fingerprint density at radius 2 is 1.94 bits per heavy atom. The lowest BCUT2D eigenvalue weighted by atomic mass is 10.2. The van der Waals surface area contributed by atoms with E-state index in [1.807, 2.05) is 0 Å². The van der Waals surface area contributed by atoms with Crippen molar-refractivity contribution in [3.8, 4) is 11.4 Å². The van der Waals surface area contributed by atoms with Crippen LogP contribution >= 0.6 is 15.9 Å². The molecule has 96 valence electrons. The minimum Gasteiger partial charge on any atom is -0.322 e. The molecule has 2 aromatic rings. The molecule has 2 nitrogen and oxygen atoms in total. The number of aromatic nitrogens is 2. The molecular formula is C11H7BrF4N2. The molecule has 1 heterocycles. The summed E-state index contributed by atoms with van der Waals surface area (Å²) in [6.45, 7) is -1.16. The fourth-order valence-electron chi connectivity index (χ4n) is 1.57. The Morgan fingerprint density at radius 3 is 2.56 bits per heavy atom. The predicted molar refractivity (Wildman–Crippen MR) is 61.4 cm³/mol. The number of benzene rings is 1. The highest BCUT2D eigenvalue weighted by atomic mass is 79.9. The number of rotatable bonds is 2. The van der Waals surface area contributed by atoms with Gasteiger partial charge in [-0.05, 0) is 18.2 Å². The van der Waals surface area contributed by atoms with E-state index in [2.05, 4.69) is 20.9 Å². The maximum Gasteiger partial charge on any atom is 0.406 e. The van der Waals surface area contributed by atoms with Crippen molar-refractivity contribution in [3.63, 3.8) is 0 Å². The largest absolute Gasteiger partial charge is 0.406 e. The zero-order valence-corrected chi connectivity index (χ0v) is 10.5. The molecule has 0 bridgehead atoms. The summed E-state index contributed by atoms with van der Waals surface area (Å²) in [7, 11) is 0. The second kappa shape index (κ2) is 4.72. The van der Waals surface area contributed by atoms with Crippen molar-refractivity contribution >= 4 is 15.9 Å². The third-order valence-corrected chi connectivity index (χ3v) is 2.64. The molecule has 0 spiro atoms. The maximum absolute atomic E-state index is 13.2. The Balaban J connectivity index is 2.42. The van der Waals surface area contributed by atoms with Crippen molar-refractivity contribution in [2.45, 2.75) is 12.7 Å². The molecule has 0 unspecified atom stereocenters. The van der Waals surface area contributed by atoms with Crippen LogP contribution in [0.25, 0.3) is 11.4 Å². The van der Waals surface area contributed by atoms with Gasteiger partial charge >= 0.3 is 6.18 Å². The van der Waals surface area contributed by atoms with Crippen LogP contribution in [0, 0.1) is 5.82 Å². The molecule has 0 aliphatic carbocycles. The molecule has 0 saturated carbocycles. The van der Waals surface area contributed by atoms with Gasteiger partial charge in [0.05, 0.1) is 0 Å². The lowest BCUT2D eigenvalue weighted by Gasteiger charge is -2.11. The third kappa shape index (κ3) is 3.10. The summed E-state index contributed by atoms with van der Waals surface area (Å²) in [4.78, 5) is 3.83. The first-order chi connectivity index (χ1) is 8.35. The van der Waals surface area contributed by atoms with Crippen LogP contribution in [0.5, 0.6) is 0 Å². The highest BCUT2D eigenvalue weighted by molar-refractivity contribution is 9.10. The standard InChI is InChI=1S/C11H7BrF4N2/c12-8-3-7(4-9(13)5-8)10-17-1-2-18(10)6-11(14,15)16/h1-5H,6H2. The van der Waals surface area contributed by atoms with E-state index < -0.39 is 18.5 Å². The summed E-state index contributed by atoms with van der Waals surface area (Å²) in [6.07, 6.45) is -1.89. The molecule has 1 aromatic heterocycles. The maximum atomic E-state index is 13.2. The Hall–Kier alpha value is -1.37. The lowest BCUT2D eigenvalue weighted by molar-refractivity contribution is -0.140. The summed E-state index contributed by atoms with van der Waals surface area (Å²) in [6, 6.07) is 3.87. The first-order valence-corrected chi connectivity index (χ1v) is 5.69. The van der Waals surface area contributed by atoms with Crippen molar-refractivity contribution in [2.75, 3.05) is 0 Å². The molecule has 0 fully saturated rings. The van der Waals surface area contributed by atoms with Crippen LogP contribution in [0.1, 0.15) is 0 Å². The minimum atomic E-state index is -4.35. The minimum absolute atomic E-state index is 0.0764. The smallest absolute Gasteiger partial charge is 0.322 e. The summed E-state index contributed by atoms with van der Waals surface area (Å²) in [5.74, 6) is -0.464. The second-order valence-corrected chi connectivity index (χ2v) is 4.57. The average Bonchev–Trinajstić information content (AvgIpc) is 2.61. The number of alkyl halides is 3. The quantitative estimate of drug-likeness (QED) is 0.764. The van der Waals surface area contributed by atoms with E-state index in [9.17, 15) is 17.6 Å². The van der Waals surface area contributed by atoms with Crippen LogP contribution < -0.4 is 0 Å². The van der Waals surface area contributed by atoms with Crippen molar-refractivity contribution in [1.82, 2.24) is 9.55 Å². The van der Waals surface area contributed by atoms with Crippen molar-refractivity contribution in [3.05, 3.63) is 40.9 Å². The number of halogens is 5. The van der Waals surface area contributed by atoms with Gasteiger partial charge in [0, 0.05) is 22.4 Å². The molecule has 18 heavy (non-hydrogen) atoms. The molecule has 7 heteroatoms. The van der Waals surface area contributed by atoms with E-state index >= 15 is 0 Å². The van der Waals surface area contributed by atoms with E-state index in [4.69, 9.17) is 0 Å². The summed E-state index contributed by atoms with van der Waals surface area (Å²) >= 11 is 3.09. The molecule has 2 rings (SSSR count). The van der Waals surface area contributed by atoms with Gasteiger partial charge in [-0.25, -0.2) is 9.37 Å². The predicted octanol–water partition coefficient (Wildman–Crippen LogP) is 4.01. The zero-order valence-electron chi connectivity index (χ0n) is 8.88. The molecular weight excluding hydrogens is 316 g/mol. The molecule has 1 aromatic carbocycles. The molecule has 0 saturated heterocycles. The van der Waals surface area contributed by atoms with Gasteiger partial charge in [0.15, 0.2) is 0 Å². The van der Waals surface area contributed by atoms with Gasteiger partial charge in [0.1, 0.15) is 18.2 Å². The third-order valence-electron chi connectivity index (χ3n) is 2.19. The number of hydrogen-bond acceptors (Lipinski definition) is 1. The van der Waals surface area contributed by atoms with E-state index in [1.54, 1.807) is 0 Å². The topological polar surface area (TPSA) is 17.8 Å². The van der Waals surface area contributed by atoms with Gasteiger partial charge in [-0.1, -0.05) is 15.9 Å². The van der Waals surface area contributed by atoms with Gasteiger partial charge in [-0.15, -0.1) is 0 Å². The first-order valence-electron chi connectivity index (χ1n) is 4.89. The molecule has 0 amide bonds. The highest BCUT2D eigenvalue weighted by Gasteiger charge is 2.29. The van der Waals surface area contributed by atoms with Crippen molar-refractivity contribution < 1.29 is 17.6 Å². The number of imidazole rings is 1. The SMILES string of the molecule is Fc1cc(Br)cc(-c2nccn2CC(F)(F)F)c1. The van der Waals surface area contributed by atoms with Crippen LogP contribution in [0.2, 0.25) is 0 Å². The van der Waals surface area contributed by atoms with Gasteiger partial charge in [-0.2, -0.15) is 13.2 Å². The molecule has 0 radical (unpaired) electrons. The van der Waals surface area contributed by atoms with E-state index in [0.717, 1.165) is 10.6 Å². The molecule has 0 aliphatic rings. The average molecular weight is 323 g/mol. The van der Waals surface area contributed by atoms with Crippen LogP contribution in [-0.2, 0) is 6.54 Å². The monoisotopic (exact) mass is 322 g/mol. The Kier molecular flexibility index (Phi) is 3.43. The lowest BCUT2D eigenvalue weighted by Crippen LogP contribution is -2.17. The molecule has 0 atom stereocenters. The van der Waals surface area contributed by atoms with Crippen LogP contribution in [0.15, 0.2) is 35.1 Å². The van der Waals surface area contributed by atoms with Crippen LogP contribution in [-0.4, -0.2) is 15.7 Å². The van der Waals surface area contributed by atoms with Gasteiger partial charge < -0.3 is 4.57 Å². The highest BCUT2D eigenvalue weighted by Crippen LogP contribution is 2.26. The zero-order chi connectivity index (χ0) is 13.3. The normalized spacial score (nSPS) is 11.8. The second-order valence-electron chi connectivity index (χ2n) is 3.65. The van der Waals surface area contributed by atoms with Crippen molar-refractivity contribution in [1.29, 1.82) is 0 Å². The summed E-state index contributed by atoms with van der Waals surface area (Å²) < 4.78 is 51.6. The van der Waals surface area contributed by atoms with E-state index in [-0.39, 0.29) is 11.4 Å². The Morgan fingerprint density at radius 1 is 1.22 bits per heavy atom. The summed E-state index contributed by atoms with van der Waals surface area (Å²) in [5.41, 5.74) is 0.288. The Labute approximate surface area is 108 Å². The van der Waals surface area contributed by atoms with Crippen LogP contribution in [0.4, 0.5) is 17.6 Å². The molecule has 0 aliphatic heterocycles. The Bertz CT molecular complexity index is 542.